The lowest BCUT2D eigenvalue weighted by atomic mass is 9.97. The fraction of sp³-hybridized carbons (Fsp3) is 0.667. The van der Waals surface area contributed by atoms with Crippen LogP contribution in [0.25, 0.3) is 0 Å². The standard InChI is InChI=1S/C15H23N3O4/c1-4-22-14(20)11-5-7-18(8-6-11)10-12-9-13(19)17(3)15(21)16(12)2/h9,11H,4-8,10H2,1-3H3. The van der Waals surface area contributed by atoms with Crippen molar-refractivity contribution < 1.29 is 9.53 Å². The second-order valence-electron chi connectivity index (χ2n) is 5.68. The Hall–Kier alpha value is -1.89. The van der Waals surface area contributed by atoms with E-state index in [2.05, 4.69) is 4.90 Å². The molecular weight excluding hydrogens is 286 g/mol. The molecule has 1 aliphatic heterocycles. The number of esters is 1. The molecule has 2 rings (SSSR count). The van der Waals surface area contributed by atoms with Crippen molar-refractivity contribution in [3.8, 4) is 0 Å². The molecule has 22 heavy (non-hydrogen) atoms. The number of nitrogens with zero attached hydrogens (tertiary/aromatic N) is 3. The fourth-order valence-corrected chi connectivity index (χ4v) is 2.75. The number of ether oxygens (including phenoxy) is 1. The van der Waals surface area contributed by atoms with Crippen LogP contribution < -0.4 is 11.2 Å². The van der Waals surface area contributed by atoms with E-state index < -0.39 is 0 Å². The normalized spacial score (nSPS) is 16.7. The van der Waals surface area contributed by atoms with Gasteiger partial charge < -0.3 is 4.74 Å². The van der Waals surface area contributed by atoms with Crippen molar-refractivity contribution in [2.75, 3.05) is 19.7 Å². The van der Waals surface area contributed by atoms with Gasteiger partial charge in [-0.05, 0) is 32.9 Å². The average Bonchev–Trinajstić information content (AvgIpc) is 2.51. The summed E-state index contributed by atoms with van der Waals surface area (Å²) in [5, 5.41) is 0. The molecule has 0 aromatic carbocycles. The summed E-state index contributed by atoms with van der Waals surface area (Å²) >= 11 is 0. The molecule has 0 amide bonds. The lowest BCUT2D eigenvalue weighted by molar-refractivity contribution is -0.149. The molecule has 0 N–H and O–H groups in total. The van der Waals surface area contributed by atoms with E-state index in [0.717, 1.165) is 30.5 Å². The molecule has 0 spiro atoms. The lowest BCUT2D eigenvalue weighted by Crippen LogP contribution is -2.41. The van der Waals surface area contributed by atoms with Gasteiger partial charge in [0, 0.05) is 32.4 Å². The molecule has 1 fully saturated rings. The predicted molar refractivity (Wildman–Crippen MR) is 81.6 cm³/mol. The van der Waals surface area contributed by atoms with Gasteiger partial charge in [0.1, 0.15) is 0 Å². The van der Waals surface area contributed by atoms with Gasteiger partial charge in [0.25, 0.3) is 5.56 Å². The van der Waals surface area contributed by atoms with Crippen LogP contribution in [0.15, 0.2) is 15.7 Å². The maximum absolute atomic E-state index is 11.9. The Kier molecular flexibility index (Phi) is 5.18. The number of carbonyl (C=O) groups is 1. The summed E-state index contributed by atoms with van der Waals surface area (Å²) in [7, 11) is 3.14. The first kappa shape index (κ1) is 16.5. The number of hydrogen-bond donors (Lipinski definition) is 0. The van der Waals surface area contributed by atoms with Crippen LogP contribution in [-0.4, -0.2) is 39.7 Å². The van der Waals surface area contributed by atoms with Crippen molar-refractivity contribution >= 4 is 5.97 Å². The van der Waals surface area contributed by atoms with E-state index in [4.69, 9.17) is 4.74 Å². The lowest BCUT2D eigenvalue weighted by Gasteiger charge is -2.31. The fourth-order valence-electron chi connectivity index (χ4n) is 2.75. The molecular formula is C15H23N3O4. The maximum atomic E-state index is 11.9. The van der Waals surface area contributed by atoms with Gasteiger partial charge in [-0.2, -0.15) is 0 Å². The van der Waals surface area contributed by atoms with Gasteiger partial charge in [-0.25, -0.2) is 4.79 Å². The number of rotatable bonds is 4. The van der Waals surface area contributed by atoms with Gasteiger partial charge in [-0.15, -0.1) is 0 Å². The van der Waals surface area contributed by atoms with E-state index in [9.17, 15) is 14.4 Å². The minimum atomic E-state index is -0.316. The zero-order valence-corrected chi connectivity index (χ0v) is 13.4. The summed E-state index contributed by atoms with van der Waals surface area (Å²) in [6.07, 6.45) is 1.50. The van der Waals surface area contributed by atoms with Gasteiger partial charge in [-0.3, -0.25) is 23.6 Å². The molecule has 7 heteroatoms. The molecule has 0 bridgehead atoms. The number of hydrogen-bond acceptors (Lipinski definition) is 5. The molecule has 0 atom stereocenters. The Morgan fingerprint density at radius 2 is 1.86 bits per heavy atom. The SMILES string of the molecule is CCOC(=O)C1CCN(Cc2cc(=O)n(C)c(=O)n2C)CC1. The molecule has 122 valence electrons. The highest BCUT2D eigenvalue weighted by atomic mass is 16.5. The molecule has 1 aromatic rings. The van der Waals surface area contributed by atoms with Crippen LogP contribution in [-0.2, 0) is 30.2 Å². The first-order valence-electron chi connectivity index (χ1n) is 7.59. The van der Waals surface area contributed by atoms with Gasteiger partial charge >= 0.3 is 11.7 Å². The number of aromatic nitrogens is 2. The molecule has 0 unspecified atom stereocenters. The molecule has 7 nitrogen and oxygen atoms in total. The second kappa shape index (κ2) is 6.91. The van der Waals surface area contributed by atoms with Crippen LogP contribution >= 0.6 is 0 Å². The Bertz CT molecular complexity index is 654. The maximum Gasteiger partial charge on any atom is 0.330 e. The van der Waals surface area contributed by atoms with Crippen molar-refractivity contribution in [1.29, 1.82) is 0 Å². The molecule has 0 aliphatic carbocycles. The van der Waals surface area contributed by atoms with E-state index in [1.54, 1.807) is 7.05 Å². The van der Waals surface area contributed by atoms with E-state index in [-0.39, 0.29) is 23.1 Å². The van der Waals surface area contributed by atoms with Crippen molar-refractivity contribution in [2.24, 2.45) is 20.0 Å². The Morgan fingerprint density at radius 3 is 2.45 bits per heavy atom. The van der Waals surface area contributed by atoms with Crippen molar-refractivity contribution in [3.63, 3.8) is 0 Å². The van der Waals surface area contributed by atoms with Crippen molar-refractivity contribution in [2.45, 2.75) is 26.3 Å². The molecule has 1 aliphatic rings. The third-order valence-electron chi connectivity index (χ3n) is 4.22. The molecule has 0 radical (unpaired) electrons. The molecule has 1 saturated heterocycles. The molecule has 0 saturated carbocycles. The first-order chi connectivity index (χ1) is 10.4. The highest BCUT2D eigenvalue weighted by Gasteiger charge is 2.26. The minimum absolute atomic E-state index is 0.0383. The van der Waals surface area contributed by atoms with Gasteiger partial charge in [0.15, 0.2) is 0 Å². The van der Waals surface area contributed by atoms with Crippen molar-refractivity contribution in [1.82, 2.24) is 14.0 Å². The average molecular weight is 309 g/mol. The quantitative estimate of drug-likeness (QED) is 0.724. The Labute approximate surface area is 129 Å². The van der Waals surface area contributed by atoms with Crippen LogP contribution in [0, 0.1) is 5.92 Å². The Balaban J connectivity index is 2.01. The minimum Gasteiger partial charge on any atom is -0.466 e. The number of likely N-dealkylation sites (tertiary alicyclic amines) is 1. The summed E-state index contributed by atoms with van der Waals surface area (Å²) in [6, 6.07) is 1.50. The monoisotopic (exact) mass is 309 g/mol. The second-order valence-corrected chi connectivity index (χ2v) is 5.68. The summed E-state index contributed by atoms with van der Waals surface area (Å²) in [4.78, 5) is 37.5. The number of carbonyl (C=O) groups excluding carboxylic acids is 1. The van der Waals surface area contributed by atoms with Crippen molar-refractivity contribution in [3.05, 3.63) is 32.6 Å². The van der Waals surface area contributed by atoms with E-state index in [1.807, 2.05) is 6.92 Å². The zero-order valence-electron chi connectivity index (χ0n) is 13.4. The van der Waals surface area contributed by atoms with E-state index in [0.29, 0.717) is 18.8 Å². The highest BCUT2D eigenvalue weighted by molar-refractivity contribution is 5.72. The van der Waals surface area contributed by atoms with E-state index >= 15 is 0 Å². The summed E-state index contributed by atoms with van der Waals surface area (Å²) in [6.45, 7) is 4.27. The Morgan fingerprint density at radius 1 is 1.23 bits per heavy atom. The van der Waals surface area contributed by atoms with E-state index in [1.165, 1.54) is 17.7 Å². The molecule has 2 heterocycles. The topological polar surface area (TPSA) is 73.5 Å². The van der Waals surface area contributed by atoms with Crippen LogP contribution in [0.1, 0.15) is 25.5 Å². The largest absolute Gasteiger partial charge is 0.466 e. The van der Waals surface area contributed by atoms with Crippen LogP contribution in [0.4, 0.5) is 0 Å². The van der Waals surface area contributed by atoms with Crippen LogP contribution in [0.5, 0.6) is 0 Å². The smallest absolute Gasteiger partial charge is 0.330 e. The van der Waals surface area contributed by atoms with Crippen LogP contribution in [0.2, 0.25) is 0 Å². The summed E-state index contributed by atoms with van der Waals surface area (Å²) < 4.78 is 7.64. The highest BCUT2D eigenvalue weighted by Crippen LogP contribution is 2.19. The first-order valence-corrected chi connectivity index (χ1v) is 7.59. The predicted octanol–water partition coefficient (Wildman–Crippen LogP) is -0.141. The molecule has 1 aromatic heterocycles. The summed E-state index contributed by atoms with van der Waals surface area (Å²) in [5.41, 5.74) is 0.0890. The van der Waals surface area contributed by atoms with Gasteiger partial charge in [-0.1, -0.05) is 0 Å². The van der Waals surface area contributed by atoms with Gasteiger partial charge in [0.2, 0.25) is 0 Å². The number of piperidine rings is 1. The third-order valence-corrected chi connectivity index (χ3v) is 4.22. The zero-order chi connectivity index (χ0) is 16.3. The van der Waals surface area contributed by atoms with Crippen LogP contribution in [0.3, 0.4) is 0 Å². The van der Waals surface area contributed by atoms with Gasteiger partial charge in [0.05, 0.1) is 12.5 Å². The third kappa shape index (κ3) is 3.47. The summed E-state index contributed by atoms with van der Waals surface area (Å²) in [5.74, 6) is -0.160.